The van der Waals surface area contributed by atoms with E-state index in [4.69, 9.17) is 0 Å². The van der Waals surface area contributed by atoms with E-state index in [9.17, 15) is 5.11 Å². The fourth-order valence-electron chi connectivity index (χ4n) is 1.54. The summed E-state index contributed by atoms with van der Waals surface area (Å²) in [4.78, 5) is 4.58. The number of hydrogen-bond acceptors (Lipinski definition) is 3. The van der Waals surface area contributed by atoms with E-state index in [1.807, 2.05) is 36.4 Å². The average molecular weight is 250 g/mol. The third-order valence-corrected chi connectivity index (χ3v) is 3.18. The molecule has 0 aromatic heterocycles. The number of aromatic hydroxyl groups is 1. The van der Waals surface area contributed by atoms with E-state index < -0.39 is 0 Å². The molecule has 3 rings (SSSR count). The van der Waals surface area contributed by atoms with Crippen LogP contribution < -0.4 is 0 Å². The van der Waals surface area contributed by atoms with E-state index in [1.165, 1.54) is 12.6 Å². The molecule has 2 aromatic carbocycles. The molecule has 1 atom stereocenters. The summed E-state index contributed by atoms with van der Waals surface area (Å²) < 4.78 is 4.60. The Morgan fingerprint density at radius 3 is 2.47 bits per heavy atom. The zero-order chi connectivity index (χ0) is 11.9. The summed E-state index contributed by atoms with van der Waals surface area (Å²) in [6.07, 6.45) is 2.35. The summed E-state index contributed by atoms with van der Waals surface area (Å²) in [5.74, 6) is 0.350. The number of phenolic OH excluding ortho intramolecular Hbond substituents is 1. The number of fused-ring (bicyclic) bond motifs is 1. The van der Waals surface area contributed by atoms with E-state index in [-0.39, 0.29) is 0 Å². The molecule has 1 unspecified atom stereocenters. The molecule has 4 heteroatoms. The van der Waals surface area contributed by atoms with Crippen LogP contribution in [-0.2, 0) is 9.56 Å². The molecular weight excluding hydrogens is 235 g/mol. The van der Waals surface area contributed by atoms with Crippen LogP contribution in [0.3, 0.4) is 0 Å². The summed E-state index contributed by atoms with van der Waals surface area (Å²) in [6, 6.07) is 13.3. The highest BCUT2D eigenvalue weighted by molar-refractivity contribution is 7.32. The van der Waals surface area contributed by atoms with Gasteiger partial charge in [0.15, 0.2) is 0 Å². The van der Waals surface area contributed by atoms with Gasteiger partial charge in [-0.15, -0.1) is 0 Å². The Balaban J connectivity index is 0.000000153. The number of rotatable bonds is 0. The predicted octanol–water partition coefficient (Wildman–Crippen LogP) is 3.48. The molecule has 0 radical (unpaired) electrons. The van der Waals surface area contributed by atoms with Crippen molar-refractivity contribution in [2.45, 2.75) is 6.42 Å². The lowest BCUT2D eigenvalue weighted by Gasteiger charge is -2.07. The highest BCUT2D eigenvalue weighted by atomic mass is 31.1. The predicted molar refractivity (Wildman–Crippen MR) is 70.4 cm³/mol. The van der Waals surface area contributed by atoms with Crippen molar-refractivity contribution in [1.82, 2.24) is 0 Å². The second-order valence-electron chi connectivity index (χ2n) is 3.65. The van der Waals surface area contributed by atoms with E-state index in [1.54, 1.807) is 6.07 Å². The van der Waals surface area contributed by atoms with Crippen LogP contribution in [0.1, 0.15) is 6.42 Å². The van der Waals surface area contributed by atoms with Crippen LogP contribution >= 0.6 is 8.81 Å². The Labute approximate surface area is 102 Å². The zero-order valence-electron chi connectivity index (χ0n) is 9.43. The minimum absolute atomic E-state index is 0.350. The van der Waals surface area contributed by atoms with Gasteiger partial charge in [-0.3, -0.25) is 0 Å². The zero-order valence-corrected chi connectivity index (χ0v) is 10.4. The van der Waals surface area contributed by atoms with Crippen LogP contribution in [-0.4, -0.2) is 17.9 Å². The maximum Gasteiger partial charge on any atom is 0.123 e. The third-order valence-electron chi connectivity index (χ3n) is 2.39. The van der Waals surface area contributed by atoms with Gasteiger partial charge in [0.2, 0.25) is 0 Å². The van der Waals surface area contributed by atoms with Crippen LogP contribution in [0.4, 0.5) is 0 Å². The lowest BCUT2D eigenvalue weighted by Crippen LogP contribution is -1.98. The summed E-state index contributed by atoms with van der Waals surface area (Å²) >= 11 is 0. The Morgan fingerprint density at radius 2 is 1.88 bits per heavy atom. The molecule has 1 aliphatic heterocycles. The van der Waals surface area contributed by atoms with Gasteiger partial charge in [-0.2, -0.15) is 0 Å². The molecule has 1 aliphatic rings. The van der Waals surface area contributed by atoms with Gasteiger partial charge in [0.05, 0.1) is 15.4 Å². The second-order valence-corrected chi connectivity index (χ2v) is 4.61. The van der Waals surface area contributed by atoms with Crippen LogP contribution in [0.2, 0.25) is 0 Å². The van der Waals surface area contributed by atoms with Crippen LogP contribution in [0.15, 0.2) is 42.5 Å². The van der Waals surface area contributed by atoms with E-state index in [0.717, 1.165) is 17.4 Å². The lowest BCUT2D eigenvalue weighted by molar-refractivity contribution is -0.202. The van der Waals surface area contributed by atoms with E-state index in [0.29, 0.717) is 14.6 Å². The van der Waals surface area contributed by atoms with Gasteiger partial charge in [0.25, 0.3) is 0 Å². The highest BCUT2D eigenvalue weighted by Crippen LogP contribution is 2.22. The summed E-state index contributed by atoms with van der Waals surface area (Å²) in [6.45, 7) is 0.785. The van der Waals surface area contributed by atoms with Crippen molar-refractivity contribution in [2.75, 3.05) is 12.8 Å². The fraction of sp³-hybridized carbons (Fsp3) is 0.231. The Bertz CT molecular complexity index is 452. The first-order valence-electron chi connectivity index (χ1n) is 5.56. The van der Waals surface area contributed by atoms with Crippen LogP contribution in [0.25, 0.3) is 10.8 Å². The monoisotopic (exact) mass is 250 g/mol. The van der Waals surface area contributed by atoms with Crippen molar-refractivity contribution in [3.8, 4) is 5.75 Å². The smallest absolute Gasteiger partial charge is 0.123 e. The van der Waals surface area contributed by atoms with E-state index >= 15 is 0 Å². The second kappa shape index (κ2) is 6.55. The molecule has 1 fully saturated rings. The number of hydrogen-bond donors (Lipinski definition) is 1. The quantitative estimate of drug-likeness (QED) is 0.574. The first kappa shape index (κ1) is 12.3. The maximum atomic E-state index is 9.37. The van der Waals surface area contributed by atoms with Gasteiger partial charge in [0, 0.05) is 5.39 Å². The van der Waals surface area contributed by atoms with Gasteiger partial charge in [-0.25, -0.2) is 9.56 Å². The molecule has 0 amide bonds. The normalized spacial score (nSPS) is 16.5. The molecule has 1 N–H and O–H groups in total. The van der Waals surface area contributed by atoms with Crippen LogP contribution in [0.5, 0.6) is 5.75 Å². The minimum Gasteiger partial charge on any atom is -0.507 e. The summed E-state index contributed by atoms with van der Waals surface area (Å²) in [5, 5.41) is 11.4. The van der Waals surface area contributed by atoms with Crippen molar-refractivity contribution in [2.24, 2.45) is 0 Å². The van der Waals surface area contributed by atoms with Gasteiger partial charge >= 0.3 is 0 Å². The Morgan fingerprint density at radius 1 is 1.06 bits per heavy atom. The Kier molecular flexibility index (Phi) is 4.75. The molecule has 3 nitrogen and oxygen atoms in total. The molecular formula is C13H15O3P. The van der Waals surface area contributed by atoms with Gasteiger partial charge in [0.1, 0.15) is 5.75 Å². The molecule has 0 aliphatic carbocycles. The molecule has 90 valence electrons. The van der Waals surface area contributed by atoms with Gasteiger partial charge in [-0.1, -0.05) is 36.4 Å². The Hall–Kier alpha value is -1.15. The largest absolute Gasteiger partial charge is 0.507 e. The van der Waals surface area contributed by atoms with Gasteiger partial charge in [-0.05, 0) is 24.0 Å². The minimum atomic E-state index is 0.350. The van der Waals surface area contributed by atoms with Crippen molar-refractivity contribution in [3.63, 3.8) is 0 Å². The summed E-state index contributed by atoms with van der Waals surface area (Å²) in [7, 11) is 0.579. The molecule has 1 heterocycles. The maximum absolute atomic E-state index is 9.37. The average Bonchev–Trinajstić information content (AvgIpc) is 2.42. The standard InChI is InChI=1S/C10H8O.C3H7O2P/c11-10-7-3-5-8-4-1-2-6-9(8)10;1-2-4-5-6-3-1/h1-7,11H;6H,1-3H2. The SMILES string of the molecule is C1COOPC1.Oc1cccc2ccccc12. The molecule has 2 aromatic rings. The van der Waals surface area contributed by atoms with Crippen LogP contribution in [0, 0.1) is 0 Å². The fourth-order valence-corrected chi connectivity index (χ4v) is 2.08. The van der Waals surface area contributed by atoms with Crippen molar-refractivity contribution >= 4 is 19.6 Å². The van der Waals surface area contributed by atoms with Gasteiger partial charge < -0.3 is 5.11 Å². The number of benzene rings is 2. The highest BCUT2D eigenvalue weighted by Gasteiger charge is 1.96. The summed E-state index contributed by atoms with van der Waals surface area (Å²) in [5.41, 5.74) is 0. The number of phenols is 1. The molecule has 1 saturated heterocycles. The van der Waals surface area contributed by atoms with E-state index in [2.05, 4.69) is 9.56 Å². The molecule has 0 saturated carbocycles. The van der Waals surface area contributed by atoms with Crippen molar-refractivity contribution < 1.29 is 14.7 Å². The van der Waals surface area contributed by atoms with Crippen molar-refractivity contribution in [1.29, 1.82) is 0 Å². The molecule has 0 bridgehead atoms. The molecule has 17 heavy (non-hydrogen) atoms. The topological polar surface area (TPSA) is 38.7 Å². The van der Waals surface area contributed by atoms with Crippen molar-refractivity contribution in [3.05, 3.63) is 42.5 Å². The first-order valence-corrected chi connectivity index (χ1v) is 6.67. The third kappa shape index (κ3) is 3.67. The molecule has 0 spiro atoms. The lowest BCUT2D eigenvalue weighted by atomic mass is 10.1. The first-order chi connectivity index (χ1) is 8.38.